The molecular formula is C17H34N2O2. The molecule has 1 aliphatic rings. The molecule has 0 aromatic rings. The molecule has 21 heavy (non-hydrogen) atoms. The van der Waals surface area contributed by atoms with Crippen molar-refractivity contribution in [3.8, 4) is 0 Å². The number of rotatable bonds is 8. The van der Waals surface area contributed by atoms with Crippen LogP contribution in [-0.2, 0) is 9.53 Å². The van der Waals surface area contributed by atoms with Gasteiger partial charge in [0, 0.05) is 31.2 Å². The average Bonchev–Trinajstić information content (AvgIpc) is 2.43. The van der Waals surface area contributed by atoms with Gasteiger partial charge >= 0.3 is 5.97 Å². The molecule has 0 saturated heterocycles. The number of nitrogens with zero attached hydrogens (tertiary/aromatic N) is 1. The van der Waals surface area contributed by atoms with Gasteiger partial charge in [-0.25, -0.2) is 0 Å². The summed E-state index contributed by atoms with van der Waals surface area (Å²) >= 11 is 0. The third-order valence-corrected chi connectivity index (χ3v) is 4.42. The van der Waals surface area contributed by atoms with Crippen LogP contribution in [0.25, 0.3) is 0 Å². The van der Waals surface area contributed by atoms with Crippen LogP contribution in [0.15, 0.2) is 0 Å². The van der Waals surface area contributed by atoms with Crippen molar-refractivity contribution in [1.82, 2.24) is 10.2 Å². The first-order valence-electron chi connectivity index (χ1n) is 8.61. The topological polar surface area (TPSA) is 41.6 Å². The maximum atomic E-state index is 11.8. The Morgan fingerprint density at radius 3 is 2.48 bits per heavy atom. The number of ether oxygens (including phenoxy) is 1. The molecule has 2 atom stereocenters. The quantitative estimate of drug-likeness (QED) is 0.700. The molecule has 0 amide bonds. The first-order valence-corrected chi connectivity index (χ1v) is 8.61. The van der Waals surface area contributed by atoms with E-state index in [4.69, 9.17) is 4.74 Å². The molecule has 4 heteroatoms. The van der Waals surface area contributed by atoms with Crippen LogP contribution >= 0.6 is 0 Å². The van der Waals surface area contributed by atoms with E-state index in [1.165, 1.54) is 6.42 Å². The fourth-order valence-electron chi connectivity index (χ4n) is 3.36. The Morgan fingerprint density at radius 1 is 1.24 bits per heavy atom. The summed E-state index contributed by atoms with van der Waals surface area (Å²) in [6.07, 6.45) is 4.22. The highest BCUT2D eigenvalue weighted by atomic mass is 16.5. The number of carbonyl (C=O) groups is 1. The maximum absolute atomic E-state index is 11.8. The van der Waals surface area contributed by atoms with Crippen molar-refractivity contribution in [3.63, 3.8) is 0 Å². The Kier molecular flexibility index (Phi) is 8.27. The number of nitrogens with one attached hydrogen (secondary N) is 1. The van der Waals surface area contributed by atoms with Gasteiger partial charge in [-0.15, -0.1) is 0 Å². The van der Waals surface area contributed by atoms with Gasteiger partial charge < -0.3 is 10.1 Å². The molecule has 1 saturated carbocycles. The second kappa shape index (κ2) is 9.42. The summed E-state index contributed by atoms with van der Waals surface area (Å²) < 4.78 is 5.16. The Bertz CT molecular complexity index is 297. The lowest BCUT2D eigenvalue weighted by Gasteiger charge is -2.33. The van der Waals surface area contributed by atoms with Crippen LogP contribution in [0.4, 0.5) is 0 Å². The number of carbonyl (C=O) groups excluding carboxylic acids is 1. The first-order chi connectivity index (χ1) is 9.95. The summed E-state index contributed by atoms with van der Waals surface area (Å²) in [6, 6.07) is 1.62. The van der Waals surface area contributed by atoms with E-state index in [0.29, 0.717) is 24.7 Å². The zero-order chi connectivity index (χ0) is 15.8. The summed E-state index contributed by atoms with van der Waals surface area (Å²) in [5, 5.41) is 3.64. The normalized spacial score (nSPS) is 23.0. The minimum absolute atomic E-state index is 0.00464. The second-order valence-electron chi connectivity index (χ2n) is 6.69. The lowest BCUT2D eigenvalue weighted by atomic mass is 9.86. The molecule has 0 radical (unpaired) electrons. The number of hydrogen-bond acceptors (Lipinski definition) is 4. The number of hydrogen-bond donors (Lipinski definition) is 1. The van der Waals surface area contributed by atoms with E-state index in [1.807, 2.05) is 6.92 Å². The van der Waals surface area contributed by atoms with Crippen molar-refractivity contribution in [1.29, 1.82) is 0 Å². The molecule has 124 valence electrons. The van der Waals surface area contributed by atoms with Gasteiger partial charge in [-0.1, -0.05) is 6.42 Å². The van der Waals surface area contributed by atoms with Crippen LogP contribution < -0.4 is 5.32 Å². The van der Waals surface area contributed by atoms with Crippen molar-refractivity contribution in [3.05, 3.63) is 0 Å². The van der Waals surface area contributed by atoms with Crippen LogP contribution in [0, 0.1) is 5.92 Å². The van der Waals surface area contributed by atoms with E-state index in [0.717, 1.165) is 32.4 Å². The molecule has 4 nitrogen and oxygen atoms in total. The van der Waals surface area contributed by atoms with E-state index in [-0.39, 0.29) is 11.9 Å². The highest BCUT2D eigenvalue weighted by Crippen LogP contribution is 2.25. The zero-order valence-electron chi connectivity index (χ0n) is 14.5. The monoisotopic (exact) mass is 298 g/mol. The molecule has 1 fully saturated rings. The summed E-state index contributed by atoms with van der Waals surface area (Å²) in [6.45, 7) is 13.4. The van der Waals surface area contributed by atoms with E-state index in [9.17, 15) is 4.79 Å². The third-order valence-electron chi connectivity index (χ3n) is 4.42. The smallest absolute Gasteiger partial charge is 0.308 e. The van der Waals surface area contributed by atoms with Gasteiger partial charge in [0.25, 0.3) is 0 Å². The predicted octanol–water partition coefficient (Wildman–Crippen LogP) is 2.82. The molecule has 1 N–H and O–H groups in total. The Labute approximate surface area is 130 Å². The molecule has 0 aromatic carbocycles. The maximum Gasteiger partial charge on any atom is 0.308 e. The molecule has 0 bridgehead atoms. The molecule has 1 aliphatic carbocycles. The molecule has 1 rings (SSSR count). The summed E-state index contributed by atoms with van der Waals surface area (Å²) in [7, 11) is 0. The Morgan fingerprint density at radius 2 is 1.90 bits per heavy atom. The van der Waals surface area contributed by atoms with Gasteiger partial charge in [0.15, 0.2) is 0 Å². The van der Waals surface area contributed by atoms with E-state index in [2.05, 4.69) is 37.9 Å². The lowest BCUT2D eigenvalue weighted by Crippen LogP contribution is -2.44. The van der Waals surface area contributed by atoms with Crippen molar-refractivity contribution >= 4 is 5.97 Å². The first kappa shape index (κ1) is 18.4. The molecule has 0 heterocycles. The summed E-state index contributed by atoms with van der Waals surface area (Å²) in [4.78, 5) is 14.3. The average molecular weight is 298 g/mol. The molecule has 2 unspecified atom stereocenters. The van der Waals surface area contributed by atoms with E-state index in [1.54, 1.807) is 0 Å². The van der Waals surface area contributed by atoms with Crippen molar-refractivity contribution in [2.45, 2.75) is 78.4 Å². The van der Waals surface area contributed by atoms with Crippen LogP contribution in [0.5, 0.6) is 0 Å². The van der Waals surface area contributed by atoms with Crippen LogP contribution in [0.3, 0.4) is 0 Å². The molecular weight excluding hydrogens is 264 g/mol. The van der Waals surface area contributed by atoms with Gasteiger partial charge in [-0.05, 0) is 53.9 Å². The van der Waals surface area contributed by atoms with Gasteiger partial charge in [-0.3, -0.25) is 9.69 Å². The zero-order valence-corrected chi connectivity index (χ0v) is 14.5. The molecule has 0 spiro atoms. The van der Waals surface area contributed by atoms with E-state index >= 15 is 0 Å². The Balaban J connectivity index is 2.33. The van der Waals surface area contributed by atoms with Crippen LogP contribution in [-0.4, -0.2) is 48.7 Å². The number of esters is 1. The van der Waals surface area contributed by atoms with Crippen molar-refractivity contribution in [2.75, 3.05) is 19.7 Å². The molecule has 0 aromatic heterocycles. The summed E-state index contributed by atoms with van der Waals surface area (Å²) in [5.41, 5.74) is 0. The van der Waals surface area contributed by atoms with Crippen molar-refractivity contribution in [2.24, 2.45) is 5.92 Å². The van der Waals surface area contributed by atoms with Gasteiger partial charge in [-0.2, -0.15) is 0 Å². The SMILES string of the molecule is CCOC(=O)C1CCCC(NCCN(C(C)C)C(C)C)C1. The summed E-state index contributed by atoms with van der Waals surface area (Å²) in [5.74, 6) is 0.0949. The minimum atomic E-state index is -0.00464. The fourth-order valence-corrected chi connectivity index (χ4v) is 3.36. The molecule has 0 aliphatic heterocycles. The lowest BCUT2D eigenvalue weighted by molar-refractivity contribution is -0.149. The Hall–Kier alpha value is -0.610. The largest absolute Gasteiger partial charge is 0.466 e. The predicted molar refractivity (Wildman–Crippen MR) is 87.4 cm³/mol. The standard InChI is InChI=1S/C17H34N2O2/c1-6-21-17(20)15-8-7-9-16(12-15)18-10-11-19(13(2)3)14(4)5/h13-16,18H,6-12H2,1-5H3. The van der Waals surface area contributed by atoms with E-state index < -0.39 is 0 Å². The van der Waals surface area contributed by atoms with Gasteiger partial charge in [0.05, 0.1) is 12.5 Å². The van der Waals surface area contributed by atoms with Crippen LogP contribution in [0.2, 0.25) is 0 Å². The van der Waals surface area contributed by atoms with Gasteiger partial charge in [0.1, 0.15) is 0 Å². The van der Waals surface area contributed by atoms with Crippen molar-refractivity contribution < 1.29 is 9.53 Å². The second-order valence-corrected chi connectivity index (χ2v) is 6.69. The minimum Gasteiger partial charge on any atom is -0.466 e. The fraction of sp³-hybridized carbons (Fsp3) is 0.941. The van der Waals surface area contributed by atoms with Gasteiger partial charge in [0.2, 0.25) is 0 Å². The van der Waals surface area contributed by atoms with Crippen LogP contribution in [0.1, 0.15) is 60.3 Å². The highest BCUT2D eigenvalue weighted by Gasteiger charge is 2.28. The third kappa shape index (κ3) is 6.35. The highest BCUT2D eigenvalue weighted by molar-refractivity contribution is 5.72.